The van der Waals surface area contributed by atoms with Crippen LogP contribution < -0.4 is 14.8 Å². The van der Waals surface area contributed by atoms with Crippen molar-refractivity contribution in [3.63, 3.8) is 0 Å². The zero-order chi connectivity index (χ0) is 20.8. The topological polar surface area (TPSA) is 67.9 Å². The second kappa shape index (κ2) is 9.45. The number of benzene rings is 2. The Morgan fingerprint density at radius 1 is 1.14 bits per heavy atom. The van der Waals surface area contributed by atoms with E-state index in [1.165, 1.54) is 0 Å². The Bertz CT molecular complexity index is 881. The SMILES string of the molecule is CCNC(=O)[C@@H](C)N(Cc1ccccc1C)C(=O)CCc1ccc2c(c1)OCO2. The third-order valence-corrected chi connectivity index (χ3v) is 5.18. The third-order valence-electron chi connectivity index (χ3n) is 5.18. The summed E-state index contributed by atoms with van der Waals surface area (Å²) < 4.78 is 10.7. The lowest BCUT2D eigenvalue weighted by atomic mass is 10.1. The lowest BCUT2D eigenvalue weighted by Crippen LogP contribution is -2.47. The summed E-state index contributed by atoms with van der Waals surface area (Å²) >= 11 is 0. The Morgan fingerprint density at radius 2 is 1.90 bits per heavy atom. The molecule has 0 radical (unpaired) electrons. The van der Waals surface area contributed by atoms with Crippen molar-refractivity contribution in [3.8, 4) is 11.5 Å². The first-order valence-corrected chi connectivity index (χ1v) is 9.99. The number of rotatable bonds is 8. The predicted molar refractivity (Wildman–Crippen MR) is 111 cm³/mol. The van der Waals surface area contributed by atoms with Crippen LogP contribution in [0.25, 0.3) is 0 Å². The van der Waals surface area contributed by atoms with Crippen molar-refractivity contribution < 1.29 is 19.1 Å². The van der Waals surface area contributed by atoms with E-state index < -0.39 is 6.04 Å². The molecule has 1 aliphatic rings. The maximum atomic E-state index is 13.1. The smallest absolute Gasteiger partial charge is 0.242 e. The highest BCUT2D eigenvalue weighted by Gasteiger charge is 2.26. The molecule has 2 aromatic carbocycles. The van der Waals surface area contributed by atoms with E-state index >= 15 is 0 Å². The van der Waals surface area contributed by atoms with E-state index in [0.29, 0.717) is 31.7 Å². The largest absolute Gasteiger partial charge is 0.454 e. The van der Waals surface area contributed by atoms with Crippen LogP contribution in [0.1, 0.15) is 37.0 Å². The highest BCUT2D eigenvalue weighted by Crippen LogP contribution is 2.32. The van der Waals surface area contributed by atoms with E-state index in [1.807, 2.05) is 56.3 Å². The number of nitrogens with zero attached hydrogens (tertiary/aromatic N) is 1. The van der Waals surface area contributed by atoms with Crippen LogP contribution in [-0.2, 0) is 22.6 Å². The van der Waals surface area contributed by atoms with Gasteiger partial charge in [0.15, 0.2) is 11.5 Å². The summed E-state index contributed by atoms with van der Waals surface area (Å²) in [4.78, 5) is 27.2. The summed E-state index contributed by atoms with van der Waals surface area (Å²) in [6.07, 6.45) is 0.886. The van der Waals surface area contributed by atoms with Crippen molar-refractivity contribution in [3.05, 3.63) is 59.2 Å². The molecule has 1 N–H and O–H groups in total. The lowest BCUT2D eigenvalue weighted by Gasteiger charge is -2.29. The van der Waals surface area contributed by atoms with Gasteiger partial charge in [-0.2, -0.15) is 0 Å². The number of hydrogen-bond donors (Lipinski definition) is 1. The summed E-state index contributed by atoms with van der Waals surface area (Å²) in [6.45, 7) is 6.84. The van der Waals surface area contributed by atoms with Gasteiger partial charge in [-0.1, -0.05) is 30.3 Å². The van der Waals surface area contributed by atoms with Crippen LogP contribution in [-0.4, -0.2) is 36.1 Å². The Hall–Kier alpha value is -3.02. The maximum absolute atomic E-state index is 13.1. The number of carbonyl (C=O) groups is 2. The molecule has 1 heterocycles. The number of carbonyl (C=O) groups excluding carboxylic acids is 2. The number of hydrogen-bond acceptors (Lipinski definition) is 4. The molecular formula is C23H28N2O4. The summed E-state index contributed by atoms with van der Waals surface area (Å²) in [5.41, 5.74) is 3.15. The fourth-order valence-electron chi connectivity index (χ4n) is 3.37. The summed E-state index contributed by atoms with van der Waals surface area (Å²) in [7, 11) is 0. The molecule has 0 spiro atoms. The Labute approximate surface area is 171 Å². The molecule has 0 aliphatic carbocycles. The summed E-state index contributed by atoms with van der Waals surface area (Å²) in [6, 6.07) is 13.1. The van der Waals surface area contributed by atoms with Crippen molar-refractivity contribution >= 4 is 11.8 Å². The van der Waals surface area contributed by atoms with Gasteiger partial charge in [0, 0.05) is 19.5 Å². The van der Waals surface area contributed by atoms with Gasteiger partial charge in [-0.3, -0.25) is 9.59 Å². The quantitative estimate of drug-likeness (QED) is 0.744. The van der Waals surface area contributed by atoms with Gasteiger partial charge in [-0.25, -0.2) is 0 Å². The zero-order valence-corrected chi connectivity index (χ0v) is 17.2. The van der Waals surface area contributed by atoms with Crippen molar-refractivity contribution in [2.45, 2.75) is 46.2 Å². The van der Waals surface area contributed by atoms with E-state index in [0.717, 1.165) is 22.4 Å². The molecule has 0 aromatic heterocycles. The highest BCUT2D eigenvalue weighted by molar-refractivity contribution is 5.87. The van der Waals surface area contributed by atoms with Gasteiger partial charge in [-0.15, -0.1) is 0 Å². The van der Waals surface area contributed by atoms with Crippen LogP contribution in [0.4, 0.5) is 0 Å². The number of amides is 2. The fourth-order valence-corrected chi connectivity index (χ4v) is 3.37. The van der Waals surface area contributed by atoms with Crippen LogP contribution in [0.5, 0.6) is 11.5 Å². The molecule has 0 fully saturated rings. The number of aryl methyl sites for hydroxylation is 2. The number of fused-ring (bicyclic) bond motifs is 1. The Morgan fingerprint density at radius 3 is 2.66 bits per heavy atom. The molecule has 2 amide bonds. The zero-order valence-electron chi connectivity index (χ0n) is 17.2. The van der Waals surface area contributed by atoms with Crippen molar-refractivity contribution in [1.29, 1.82) is 0 Å². The minimum Gasteiger partial charge on any atom is -0.454 e. The molecule has 2 aromatic rings. The molecule has 6 nitrogen and oxygen atoms in total. The number of nitrogens with one attached hydrogen (secondary N) is 1. The standard InChI is InChI=1S/C23H28N2O4/c1-4-24-23(27)17(3)25(14-19-8-6-5-7-16(19)2)22(26)12-10-18-9-11-20-21(13-18)29-15-28-20/h5-9,11,13,17H,4,10,12,14-15H2,1-3H3,(H,24,27)/t17-/m1/s1. The normalized spacial score (nSPS) is 13.1. The average Bonchev–Trinajstić information content (AvgIpc) is 3.19. The molecule has 3 rings (SSSR count). The van der Waals surface area contributed by atoms with Crippen LogP contribution in [0.2, 0.25) is 0 Å². The fraction of sp³-hybridized carbons (Fsp3) is 0.391. The van der Waals surface area contributed by atoms with Gasteiger partial charge in [0.25, 0.3) is 0 Å². The maximum Gasteiger partial charge on any atom is 0.242 e. The first kappa shape index (κ1) is 20.7. The van der Waals surface area contributed by atoms with Gasteiger partial charge >= 0.3 is 0 Å². The van der Waals surface area contributed by atoms with E-state index in [-0.39, 0.29) is 18.6 Å². The van der Waals surface area contributed by atoms with Gasteiger partial charge in [0.05, 0.1) is 0 Å². The van der Waals surface area contributed by atoms with Crippen molar-refractivity contribution in [2.24, 2.45) is 0 Å². The van der Waals surface area contributed by atoms with E-state index in [1.54, 1.807) is 11.8 Å². The summed E-state index contributed by atoms with van der Waals surface area (Å²) in [5.74, 6) is 1.25. The summed E-state index contributed by atoms with van der Waals surface area (Å²) in [5, 5.41) is 2.82. The Balaban J connectivity index is 1.72. The molecule has 0 saturated carbocycles. The van der Waals surface area contributed by atoms with Gasteiger partial charge in [-0.05, 0) is 56.0 Å². The number of ether oxygens (including phenoxy) is 2. The minimum absolute atomic E-state index is 0.0512. The van der Waals surface area contributed by atoms with E-state index in [4.69, 9.17) is 9.47 Å². The van der Waals surface area contributed by atoms with Crippen LogP contribution in [0.3, 0.4) is 0 Å². The molecule has 0 unspecified atom stereocenters. The average molecular weight is 396 g/mol. The van der Waals surface area contributed by atoms with Crippen LogP contribution in [0, 0.1) is 6.92 Å². The number of likely N-dealkylation sites (N-methyl/N-ethyl adjacent to an activating group) is 1. The predicted octanol–water partition coefficient (Wildman–Crippen LogP) is 3.21. The minimum atomic E-state index is -0.543. The van der Waals surface area contributed by atoms with E-state index in [2.05, 4.69) is 5.32 Å². The van der Waals surface area contributed by atoms with Crippen molar-refractivity contribution in [1.82, 2.24) is 10.2 Å². The first-order valence-electron chi connectivity index (χ1n) is 9.99. The van der Waals surface area contributed by atoms with E-state index in [9.17, 15) is 9.59 Å². The van der Waals surface area contributed by atoms with Crippen LogP contribution in [0.15, 0.2) is 42.5 Å². The molecule has 0 bridgehead atoms. The first-order chi connectivity index (χ1) is 14.0. The third kappa shape index (κ3) is 5.08. The van der Waals surface area contributed by atoms with Gasteiger partial charge in [0.1, 0.15) is 6.04 Å². The molecule has 1 aliphatic heterocycles. The van der Waals surface area contributed by atoms with Gasteiger partial charge in [0.2, 0.25) is 18.6 Å². The molecule has 0 saturated heterocycles. The lowest BCUT2D eigenvalue weighted by molar-refractivity contribution is -0.140. The highest BCUT2D eigenvalue weighted by atomic mass is 16.7. The second-order valence-electron chi connectivity index (χ2n) is 7.21. The molecule has 1 atom stereocenters. The molecule has 154 valence electrons. The molecular weight excluding hydrogens is 368 g/mol. The monoisotopic (exact) mass is 396 g/mol. The van der Waals surface area contributed by atoms with Crippen molar-refractivity contribution in [2.75, 3.05) is 13.3 Å². The second-order valence-corrected chi connectivity index (χ2v) is 7.21. The van der Waals surface area contributed by atoms with Crippen LogP contribution >= 0.6 is 0 Å². The Kier molecular flexibility index (Phi) is 6.75. The van der Waals surface area contributed by atoms with Gasteiger partial charge < -0.3 is 19.7 Å². The molecule has 29 heavy (non-hydrogen) atoms. The molecule has 6 heteroatoms.